The minimum Gasteiger partial charge on any atom is -0.497 e. The molecule has 2 amide bonds. The highest BCUT2D eigenvalue weighted by atomic mass is 16.5. The lowest BCUT2D eigenvalue weighted by Crippen LogP contribution is -2.25. The van der Waals surface area contributed by atoms with Crippen LogP contribution in [0.15, 0.2) is 41.5 Å². The molecule has 0 fully saturated rings. The van der Waals surface area contributed by atoms with Crippen LogP contribution in [0.25, 0.3) is 10.8 Å². The lowest BCUT2D eigenvalue weighted by Gasteiger charge is -2.07. The van der Waals surface area contributed by atoms with E-state index in [1.54, 1.807) is 7.11 Å². The monoisotopic (exact) mass is 271 g/mol. The summed E-state index contributed by atoms with van der Waals surface area (Å²) in [5.41, 5.74) is 9.03. The molecular weight excluding hydrogens is 254 g/mol. The number of nitrogens with zero attached hydrogens (tertiary/aromatic N) is 1. The molecule has 5 nitrogen and oxygen atoms in total. The summed E-state index contributed by atoms with van der Waals surface area (Å²) < 4.78 is 5.20. The highest BCUT2D eigenvalue weighted by Gasteiger charge is 2.04. The molecule has 0 aliphatic rings. The highest BCUT2D eigenvalue weighted by molar-refractivity contribution is 6.03. The number of amides is 2. The van der Waals surface area contributed by atoms with Crippen LogP contribution in [0.3, 0.4) is 0 Å². The molecule has 2 aromatic carbocycles. The van der Waals surface area contributed by atoms with E-state index in [0.29, 0.717) is 6.42 Å². The molecule has 0 atom stereocenters. The summed E-state index contributed by atoms with van der Waals surface area (Å²) in [5, 5.41) is 6.20. The Morgan fingerprint density at radius 2 is 1.95 bits per heavy atom. The van der Waals surface area contributed by atoms with Gasteiger partial charge in [0.15, 0.2) is 0 Å². The summed E-state index contributed by atoms with van der Waals surface area (Å²) >= 11 is 0. The molecule has 5 heteroatoms. The van der Waals surface area contributed by atoms with Gasteiger partial charge in [0.05, 0.1) is 12.8 Å². The SMILES string of the molecule is CC/C(=N/NC(N)=O)c1ccc2cc(OC)ccc2c1. The number of rotatable bonds is 4. The van der Waals surface area contributed by atoms with Crippen LogP contribution in [0, 0.1) is 0 Å². The molecule has 0 bridgehead atoms. The van der Waals surface area contributed by atoms with Crippen molar-refractivity contribution < 1.29 is 9.53 Å². The molecule has 104 valence electrons. The fourth-order valence-corrected chi connectivity index (χ4v) is 2.00. The summed E-state index contributed by atoms with van der Waals surface area (Å²) in [7, 11) is 1.65. The van der Waals surface area contributed by atoms with Crippen molar-refractivity contribution in [3.05, 3.63) is 42.0 Å². The number of hydrazone groups is 1. The third-order valence-corrected chi connectivity index (χ3v) is 3.02. The molecule has 0 unspecified atom stereocenters. The van der Waals surface area contributed by atoms with Gasteiger partial charge in [0.1, 0.15) is 5.75 Å². The van der Waals surface area contributed by atoms with E-state index < -0.39 is 6.03 Å². The van der Waals surface area contributed by atoms with Gasteiger partial charge in [-0.25, -0.2) is 10.2 Å². The van der Waals surface area contributed by atoms with Crippen LogP contribution in [-0.2, 0) is 0 Å². The van der Waals surface area contributed by atoms with Gasteiger partial charge >= 0.3 is 6.03 Å². The van der Waals surface area contributed by atoms with Crippen LogP contribution < -0.4 is 15.9 Å². The standard InChI is InChI=1S/C15H17N3O2/c1-3-14(17-18-15(16)19)12-5-4-11-9-13(20-2)7-6-10(11)8-12/h4-9H,3H2,1-2H3,(H3,16,18,19)/b17-14-. The van der Waals surface area contributed by atoms with Crippen molar-refractivity contribution in [2.75, 3.05) is 7.11 Å². The number of urea groups is 1. The Morgan fingerprint density at radius 1 is 1.25 bits per heavy atom. The maximum atomic E-state index is 10.7. The molecule has 20 heavy (non-hydrogen) atoms. The van der Waals surface area contributed by atoms with Crippen molar-refractivity contribution >= 4 is 22.5 Å². The fraction of sp³-hybridized carbons (Fsp3) is 0.200. The van der Waals surface area contributed by atoms with E-state index in [-0.39, 0.29) is 0 Å². The second-order valence-electron chi connectivity index (χ2n) is 4.32. The molecular formula is C15H17N3O2. The largest absolute Gasteiger partial charge is 0.497 e. The fourth-order valence-electron chi connectivity index (χ4n) is 2.00. The Kier molecular flexibility index (Phi) is 4.20. The molecule has 0 aliphatic heterocycles. The normalized spacial score (nSPS) is 11.4. The highest BCUT2D eigenvalue weighted by Crippen LogP contribution is 2.22. The third kappa shape index (κ3) is 3.06. The van der Waals surface area contributed by atoms with Gasteiger partial charge in [-0.2, -0.15) is 5.10 Å². The zero-order valence-electron chi connectivity index (χ0n) is 11.5. The van der Waals surface area contributed by atoms with E-state index >= 15 is 0 Å². The molecule has 2 rings (SSSR count). The van der Waals surface area contributed by atoms with E-state index in [0.717, 1.165) is 27.8 Å². The quantitative estimate of drug-likeness (QED) is 0.662. The number of carbonyl (C=O) groups is 1. The van der Waals surface area contributed by atoms with E-state index in [9.17, 15) is 4.79 Å². The molecule has 0 aliphatic carbocycles. The maximum absolute atomic E-state index is 10.7. The molecule has 0 radical (unpaired) electrons. The van der Waals surface area contributed by atoms with Gasteiger partial charge in [0.2, 0.25) is 0 Å². The minimum absolute atomic E-state index is 0.665. The lowest BCUT2D eigenvalue weighted by molar-refractivity contribution is 0.249. The van der Waals surface area contributed by atoms with Crippen LogP contribution in [0.5, 0.6) is 5.75 Å². The Hall–Kier alpha value is -2.56. The maximum Gasteiger partial charge on any atom is 0.332 e. The summed E-state index contributed by atoms with van der Waals surface area (Å²) in [5.74, 6) is 0.824. The van der Waals surface area contributed by atoms with Gasteiger partial charge in [-0.1, -0.05) is 25.1 Å². The van der Waals surface area contributed by atoms with Crippen molar-refractivity contribution in [3.63, 3.8) is 0 Å². The summed E-state index contributed by atoms with van der Waals surface area (Å²) in [6.45, 7) is 1.97. The first kappa shape index (κ1) is 13.9. The predicted octanol–water partition coefficient (Wildman–Crippen LogP) is 2.63. The van der Waals surface area contributed by atoms with E-state index in [2.05, 4.69) is 10.5 Å². The average Bonchev–Trinajstić information content (AvgIpc) is 2.47. The molecule has 0 saturated heterocycles. The van der Waals surface area contributed by atoms with E-state index in [4.69, 9.17) is 10.5 Å². The molecule has 0 heterocycles. The van der Waals surface area contributed by atoms with Gasteiger partial charge in [-0.05, 0) is 41.0 Å². The summed E-state index contributed by atoms with van der Waals surface area (Å²) in [6, 6.07) is 11.2. The molecule has 2 aromatic rings. The minimum atomic E-state index is -0.665. The molecule has 0 aromatic heterocycles. The van der Waals surface area contributed by atoms with E-state index in [1.165, 1.54) is 0 Å². The van der Waals surface area contributed by atoms with Crippen molar-refractivity contribution in [2.45, 2.75) is 13.3 Å². The van der Waals surface area contributed by atoms with Crippen LogP contribution in [0.4, 0.5) is 4.79 Å². The van der Waals surface area contributed by atoms with Crippen LogP contribution in [0.1, 0.15) is 18.9 Å². The first-order chi connectivity index (χ1) is 9.63. The zero-order chi connectivity index (χ0) is 14.5. The Morgan fingerprint density at radius 3 is 2.60 bits per heavy atom. The number of nitrogens with two attached hydrogens (primary N) is 1. The first-order valence-corrected chi connectivity index (χ1v) is 6.34. The Bertz CT molecular complexity index is 665. The number of primary amides is 1. The molecule has 3 N–H and O–H groups in total. The Labute approximate surface area is 117 Å². The van der Waals surface area contributed by atoms with Crippen LogP contribution in [0.2, 0.25) is 0 Å². The zero-order valence-corrected chi connectivity index (χ0v) is 11.5. The van der Waals surface area contributed by atoms with Crippen molar-refractivity contribution in [1.82, 2.24) is 5.43 Å². The van der Waals surface area contributed by atoms with Gasteiger partial charge < -0.3 is 10.5 Å². The Balaban J connectivity index is 2.39. The number of methoxy groups -OCH3 is 1. The number of benzene rings is 2. The number of hydrogen-bond acceptors (Lipinski definition) is 3. The predicted molar refractivity (Wildman–Crippen MR) is 80.0 cm³/mol. The van der Waals surface area contributed by atoms with Crippen LogP contribution in [-0.4, -0.2) is 18.9 Å². The first-order valence-electron chi connectivity index (χ1n) is 6.34. The number of fused-ring (bicyclic) bond motifs is 1. The van der Waals surface area contributed by atoms with Gasteiger partial charge in [0, 0.05) is 0 Å². The smallest absolute Gasteiger partial charge is 0.332 e. The van der Waals surface area contributed by atoms with Crippen LogP contribution >= 0.6 is 0 Å². The number of ether oxygens (including phenoxy) is 1. The molecule has 0 saturated carbocycles. The second kappa shape index (κ2) is 6.06. The lowest BCUT2D eigenvalue weighted by atomic mass is 10.0. The molecule has 0 spiro atoms. The topological polar surface area (TPSA) is 76.7 Å². The van der Waals surface area contributed by atoms with Crippen molar-refractivity contribution in [3.8, 4) is 5.75 Å². The van der Waals surface area contributed by atoms with Crippen molar-refractivity contribution in [1.29, 1.82) is 0 Å². The summed E-state index contributed by atoms with van der Waals surface area (Å²) in [4.78, 5) is 10.7. The van der Waals surface area contributed by atoms with Crippen molar-refractivity contribution in [2.24, 2.45) is 10.8 Å². The third-order valence-electron chi connectivity index (χ3n) is 3.02. The van der Waals surface area contributed by atoms with E-state index in [1.807, 2.05) is 43.3 Å². The van der Waals surface area contributed by atoms with Gasteiger partial charge in [0.25, 0.3) is 0 Å². The van der Waals surface area contributed by atoms with Gasteiger partial charge in [-0.3, -0.25) is 0 Å². The second-order valence-corrected chi connectivity index (χ2v) is 4.32. The number of carbonyl (C=O) groups excluding carboxylic acids is 1. The summed E-state index contributed by atoms with van der Waals surface area (Å²) in [6.07, 6.45) is 0.696. The van der Waals surface area contributed by atoms with Gasteiger partial charge in [-0.15, -0.1) is 0 Å². The average molecular weight is 271 g/mol. The number of nitrogens with one attached hydrogen (secondary N) is 1. The number of hydrogen-bond donors (Lipinski definition) is 2.